The van der Waals surface area contributed by atoms with Crippen molar-refractivity contribution < 1.29 is 18.0 Å². The number of ether oxygens (including phenoxy) is 1. The van der Waals surface area contributed by atoms with E-state index in [0.29, 0.717) is 12.2 Å². The molecule has 1 aliphatic heterocycles. The van der Waals surface area contributed by atoms with E-state index in [1.54, 1.807) is 0 Å². The Morgan fingerprint density at radius 2 is 1.21 bits per heavy atom. The molecular formula is C27H54N2O6Si3. The van der Waals surface area contributed by atoms with Gasteiger partial charge in [0, 0.05) is 6.20 Å². The summed E-state index contributed by atoms with van der Waals surface area (Å²) in [4.78, 5) is 29.8. The quantitative estimate of drug-likeness (QED) is 0.346. The van der Waals surface area contributed by atoms with Crippen LogP contribution in [0.4, 0.5) is 0 Å². The molecule has 0 saturated carbocycles. The molecule has 1 aromatic heterocycles. The Bertz CT molecular complexity index is 1080. The van der Waals surface area contributed by atoms with E-state index in [1.807, 2.05) is 0 Å². The second-order valence-corrected chi connectivity index (χ2v) is 29.7. The molecule has 4 atom stereocenters. The molecule has 2 rings (SSSR count). The van der Waals surface area contributed by atoms with E-state index in [9.17, 15) is 9.59 Å². The highest BCUT2D eigenvalue weighted by molar-refractivity contribution is 6.75. The molecule has 220 valence electrons. The SMILES string of the molecule is CC(C)(C)[Si](C)(C)OC[C@H]1O[C@@H](c2c[nH]c(=O)[nH]c2=O)C(O[Si](C)(C)C(C)(C)C)C1O[Si](C)(C)C(C)(C)C. The van der Waals surface area contributed by atoms with Crippen LogP contribution in [0, 0.1) is 0 Å². The Morgan fingerprint density at radius 1 is 0.763 bits per heavy atom. The lowest BCUT2D eigenvalue weighted by Gasteiger charge is -2.44. The summed E-state index contributed by atoms with van der Waals surface area (Å²) in [6.45, 7) is 33.5. The fourth-order valence-corrected chi connectivity index (χ4v) is 7.18. The van der Waals surface area contributed by atoms with Gasteiger partial charge in [0.25, 0.3) is 5.56 Å². The van der Waals surface area contributed by atoms with Gasteiger partial charge in [-0.25, -0.2) is 4.79 Å². The van der Waals surface area contributed by atoms with Crippen LogP contribution in [0.15, 0.2) is 15.8 Å². The Labute approximate surface area is 233 Å². The van der Waals surface area contributed by atoms with Gasteiger partial charge in [-0.3, -0.25) is 9.78 Å². The van der Waals surface area contributed by atoms with Gasteiger partial charge in [-0.05, 0) is 54.4 Å². The van der Waals surface area contributed by atoms with Crippen molar-refractivity contribution in [3.05, 3.63) is 32.6 Å². The second-order valence-electron chi connectivity index (χ2n) is 15.4. The van der Waals surface area contributed by atoms with Crippen molar-refractivity contribution in [2.75, 3.05) is 6.61 Å². The molecule has 2 unspecified atom stereocenters. The van der Waals surface area contributed by atoms with E-state index in [4.69, 9.17) is 18.0 Å². The third-order valence-corrected chi connectivity index (χ3v) is 22.8. The number of aromatic nitrogens is 2. The van der Waals surface area contributed by atoms with Crippen molar-refractivity contribution in [3.8, 4) is 0 Å². The van der Waals surface area contributed by atoms with Gasteiger partial charge >= 0.3 is 5.69 Å². The molecule has 0 spiro atoms. The number of aromatic amines is 2. The van der Waals surface area contributed by atoms with Crippen molar-refractivity contribution in [2.45, 2.75) is 141 Å². The summed E-state index contributed by atoms with van der Waals surface area (Å²) in [5.74, 6) is 0. The minimum Gasteiger partial charge on any atom is -0.414 e. The van der Waals surface area contributed by atoms with Crippen LogP contribution in [-0.2, 0) is 18.0 Å². The predicted molar refractivity (Wildman–Crippen MR) is 163 cm³/mol. The third-order valence-electron chi connectivity index (χ3n) is 9.35. The molecule has 1 fully saturated rings. The summed E-state index contributed by atoms with van der Waals surface area (Å²) in [7, 11) is -6.68. The van der Waals surface area contributed by atoms with Crippen LogP contribution < -0.4 is 11.2 Å². The van der Waals surface area contributed by atoms with Crippen molar-refractivity contribution in [3.63, 3.8) is 0 Å². The Morgan fingerprint density at radius 3 is 1.63 bits per heavy atom. The number of nitrogens with one attached hydrogen (secondary N) is 2. The molecule has 0 amide bonds. The lowest BCUT2D eigenvalue weighted by atomic mass is 10.0. The van der Waals surface area contributed by atoms with Crippen molar-refractivity contribution in [1.29, 1.82) is 0 Å². The zero-order chi connectivity index (χ0) is 29.7. The van der Waals surface area contributed by atoms with Gasteiger partial charge in [0.15, 0.2) is 25.0 Å². The fourth-order valence-electron chi connectivity index (χ4n) is 3.56. The first-order chi connectivity index (χ1) is 16.8. The maximum atomic E-state index is 13.0. The molecule has 0 radical (unpaired) electrons. The third kappa shape index (κ3) is 7.27. The molecular weight excluding hydrogens is 533 g/mol. The van der Waals surface area contributed by atoms with Gasteiger partial charge < -0.3 is 23.0 Å². The van der Waals surface area contributed by atoms with E-state index in [0.717, 1.165) is 0 Å². The Kier molecular flexibility index (Phi) is 9.54. The molecule has 0 aliphatic carbocycles. The van der Waals surface area contributed by atoms with Crippen LogP contribution in [-0.4, -0.2) is 59.8 Å². The summed E-state index contributed by atoms with van der Waals surface area (Å²) >= 11 is 0. The molecule has 1 aliphatic rings. The Balaban J connectivity index is 2.65. The molecule has 8 nitrogen and oxygen atoms in total. The monoisotopic (exact) mass is 586 g/mol. The highest BCUT2D eigenvalue weighted by atomic mass is 28.4. The topological polar surface area (TPSA) is 103 Å². The molecule has 1 saturated heterocycles. The van der Waals surface area contributed by atoms with Crippen molar-refractivity contribution >= 4 is 25.0 Å². The van der Waals surface area contributed by atoms with Crippen LogP contribution in [0.3, 0.4) is 0 Å². The van der Waals surface area contributed by atoms with Gasteiger partial charge in [0.05, 0.1) is 12.2 Å². The Hall–Kier alpha value is -0.829. The highest BCUT2D eigenvalue weighted by Crippen LogP contribution is 2.47. The van der Waals surface area contributed by atoms with Crippen LogP contribution in [0.25, 0.3) is 0 Å². The number of hydrogen-bond acceptors (Lipinski definition) is 6. The summed E-state index contributed by atoms with van der Waals surface area (Å²) < 4.78 is 27.4. The van der Waals surface area contributed by atoms with Crippen LogP contribution in [0.1, 0.15) is 74.0 Å². The van der Waals surface area contributed by atoms with Gasteiger partial charge in [-0.2, -0.15) is 0 Å². The zero-order valence-corrected chi connectivity index (χ0v) is 29.5. The standard InChI is InChI=1S/C27H54N2O6Si3/c1-25(2,3)36(10,11)32-17-19-21(34-37(12,13)26(4,5)6)22(35-38(14,15)27(7,8)9)20(33-19)18-16-28-24(31)29-23(18)30/h16,19-22H,17H2,1-15H3,(H2,28,29,30,31)/t19-,20+,21?,22?/m1/s1. The molecule has 2 heterocycles. The smallest absolute Gasteiger partial charge is 0.325 e. The average molecular weight is 587 g/mol. The maximum Gasteiger partial charge on any atom is 0.325 e. The number of H-pyrrole nitrogens is 2. The lowest BCUT2D eigenvalue weighted by molar-refractivity contribution is -0.0178. The largest absolute Gasteiger partial charge is 0.414 e. The van der Waals surface area contributed by atoms with E-state index in [2.05, 4.69) is 112 Å². The average Bonchev–Trinajstić information content (AvgIpc) is 3.00. The first-order valence-electron chi connectivity index (χ1n) is 13.8. The predicted octanol–water partition coefficient (Wildman–Crippen LogP) is 6.31. The zero-order valence-electron chi connectivity index (χ0n) is 26.5. The van der Waals surface area contributed by atoms with E-state index in [-0.39, 0.29) is 15.1 Å². The molecule has 0 bridgehead atoms. The molecule has 1 aromatic rings. The first kappa shape index (κ1) is 33.4. The summed E-state index contributed by atoms with van der Waals surface area (Å²) in [6, 6.07) is 0. The second kappa shape index (κ2) is 10.9. The summed E-state index contributed by atoms with van der Waals surface area (Å²) in [5.41, 5.74) is -0.683. The molecule has 2 N–H and O–H groups in total. The highest BCUT2D eigenvalue weighted by Gasteiger charge is 2.55. The first-order valence-corrected chi connectivity index (χ1v) is 22.5. The summed E-state index contributed by atoms with van der Waals surface area (Å²) in [5, 5.41) is -0.0625. The molecule has 38 heavy (non-hydrogen) atoms. The molecule has 0 aromatic carbocycles. The van der Waals surface area contributed by atoms with Crippen LogP contribution in [0.5, 0.6) is 0 Å². The maximum absolute atomic E-state index is 13.0. The normalized spacial score (nSPS) is 24.2. The van der Waals surface area contributed by atoms with Crippen LogP contribution in [0.2, 0.25) is 54.4 Å². The van der Waals surface area contributed by atoms with Crippen molar-refractivity contribution in [1.82, 2.24) is 9.97 Å². The van der Waals surface area contributed by atoms with Crippen molar-refractivity contribution in [2.24, 2.45) is 0 Å². The summed E-state index contributed by atoms with van der Waals surface area (Å²) in [6.07, 6.45) is -0.623. The fraction of sp³-hybridized carbons (Fsp3) is 0.852. The lowest BCUT2D eigenvalue weighted by Crippen LogP contribution is -2.54. The van der Waals surface area contributed by atoms with Gasteiger partial charge in [0.2, 0.25) is 0 Å². The molecule has 11 heteroatoms. The van der Waals surface area contributed by atoms with Gasteiger partial charge in [-0.1, -0.05) is 62.3 Å². The van der Waals surface area contributed by atoms with Gasteiger partial charge in [0.1, 0.15) is 24.4 Å². The van der Waals surface area contributed by atoms with E-state index < -0.39 is 60.6 Å². The van der Waals surface area contributed by atoms with E-state index in [1.165, 1.54) is 6.20 Å². The van der Waals surface area contributed by atoms with Crippen LogP contribution >= 0.6 is 0 Å². The minimum absolute atomic E-state index is 0.0348. The van der Waals surface area contributed by atoms with Gasteiger partial charge in [-0.15, -0.1) is 0 Å². The number of rotatable bonds is 8. The number of hydrogen-bond donors (Lipinski definition) is 2. The minimum atomic E-state index is -2.32. The van der Waals surface area contributed by atoms with E-state index >= 15 is 0 Å².